The molecule has 2 aliphatic rings. The molecule has 0 N–H and O–H groups in total. The molecular weight excluding hydrogens is 314 g/mol. The standard InChI is InChI=1S/C21H31NOS/c1-15(2)16-6-8-18(9-7-16)22-19(23)14-24-21(22)12-10-17(11-13-21)20(3,4)5/h6-9,15,17H,10-14H2,1-5H3. The Balaban J connectivity index is 1.83. The number of benzene rings is 1. The fourth-order valence-electron chi connectivity index (χ4n) is 4.24. The fraction of sp³-hybridized carbons (Fsp3) is 0.667. The van der Waals surface area contributed by atoms with Gasteiger partial charge >= 0.3 is 0 Å². The second-order valence-electron chi connectivity index (χ2n) is 8.85. The van der Waals surface area contributed by atoms with Gasteiger partial charge in [-0.1, -0.05) is 46.8 Å². The maximum atomic E-state index is 12.7. The number of hydrogen-bond donors (Lipinski definition) is 0. The van der Waals surface area contributed by atoms with Crippen LogP contribution in [0, 0.1) is 11.3 Å². The van der Waals surface area contributed by atoms with Gasteiger partial charge in [-0.2, -0.15) is 0 Å². The molecule has 1 aromatic carbocycles. The lowest BCUT2D eigenvalue weighted by Crippen LogP contribution is -2.48. The molecule has 132 valence electrons. The van der Waals surface area contributed by atoms with Crippen molar-refractivity contribution in [3.63, 3.8) is 0 Å². The lowest BCUT2D eigenvalue weighted by Gasteiger charge is -2.45. The monoisotopic (exact) mass is 345 g/mol. The predicted molar refractivity (Wildman–Crippen MR) is 105 cm³/mol. The number of rotatable bonds is 2. The van der Waals surface area contributed by atoms with Gasteiger partial charge in [0.1, 0.15) is 0 Å². The van der Waals surface area contributed by atoms with Crippen molar-refractivity contribution < 1.29 is 4.79 Å². The molecule has 2 fully saturated rings. The van der Waals surface area contributed by atoms with Gasteiger partial charge < -0.3 is 0 Å². The summed E-state index contributed by atoms with van der Waals surface area (Å²) in [4.78, 5) is 14.8. The number of thioether (sulfide) groups is 1. The Labute approximate surface area is 151 Å². The van der Waals surface area contributed by atoms with E-state index in [4.69, 9.17) is 0 Å². The Kier molecular flexibility index (Phi) is 4.76. The average molecular weight is 346 g/mol. The largest absolute Gasteiger partial charge is 0.297 e. The van der Waals surface area contributed by atoms with Gasteiger partial charge in [0.15, 0.2) is 0 Å². The number of hydrogen-bond acceptors (Lipinski definition) is 2. The number of amides is 1. The summed E-state index contributed by atoms with van der Waals surface area (Å²) in [6.45, 7) is 11.5. The van der Waals surface area contributed by atoms with E-state index in [9.17, 15) is 4.79 Å². The topological polar surface area (TPSA) is 20.3 Å². The third-order valence-electron chi connectivity index (χ3n) is 5.93. The molecule has 1 heterocycles. The first kappa shape index (κ1) is 17.8. The zero-order valence-electron chi connectivity index (χ0n) is 15.8. The molecular formula is C21H31NOS. The number of carbonyl (C=O) groups excluding carboxylic acids is 1. The molecule has 0 atom stereocenters. The van der Waals surface area contributed by atoms with E-state index < -0.39 is 0 Å². The molecule has 1 saturated carbocycles. The highest BCUT2D eigenvalue weighted by Gasteiger charge is 2.49. The molecule has 3 heteroatoms. The highest BCUT2D eigenvalue weighted by Crippen LogP contribution is 2.52. The molecule has 2 nitrogen and oxygen atoms in total. The van der Waals surface area contributed by atoms with Crippen LogP contribution >= 0.6 is 11.8 Å². The van der Waals surface area contributed by atoms with Crippen molar-refractivity contribution in [1.82, 2.24) is 0 Å². The molecule has 0 radical (unpaired) electrons. The SMILES string of the molecule is CC(C)c1ccc(N2C(=O)CSC23CCC(C(C)(C)C)CC3)cc1. The second-order valence-corrected chi connectivity index (χ2v) is 10.2. The lowest BCUT2D eigenvalue weighted by molar-refractivity contribution is -0.116. The van der Waals surface area contributed by atoms with Gasteiger partial charge in [0, 0.05) is 5.69 Å². The highest BCUT2D eigenvalue weighted by atomic mass is 32.2. The van der Waals surface area contributed by atoms with Gasteiger partial charge in [-0.3, -0.25) is 9.69 Å². The minimum absolute atomic E-state index is 0.00180. The quantitative estimate of drug-likeness (QED) is 0.673. The first-order valence-corrected chi connectivity index (χ1v) is 10.3. The summed E-state index contributed by atoms with van der Waals surface area (Å²) in [5.74, 6) is 2.21. The van der Waals surface area contributed by atoms with Crippen molar-refractivity contribution >= 4 is 23.4 Å². The van der Waals surface area contributed by atoms with Gasteiger partial charge in [-0.25, -0.2) is 0 Å². The predicted octanol–water partition coefficient (Wildman–Crippen LogP) is 5.82. The van der Waals surface area contributed by atoms with Crippen LogP contribution < -0.4 is 4.90 Å². The van der Waals surface area contributed by atoms with Gasteiger partial charge in [0.05, 0.1) is 10.6 Å². The van der Waals surface area contributed by atoms with E-state index in [1.165, 1.54) is 18.4 Å². The second kappa shape index (κ2) is 6.40. The molecule has 1 saturated heterocycles. The van der Waals surface area contributed by atoms with Crippen LogP contribution in [0.15, 0.2) is 24.3 Å². The van der Waals surface area contributed by atoms with E-state index in [0.717, 1.165) is 24.4 Å². The van der Waals surface area contributed by atoms with Crippen LogP contribution in [0.2, 0.25) is 0 Å². The first-order valence-electron chi connectivity index (χ1n) is 9.30. The van der Waals surface area contributed by atoms with Crippen molar-refractivity contribution in [2.75, 3.05) is 10.7 Å². The van der Waals surface area contributed by atoms with Crippen molar-refractivity contribution in [2.24, 2.45) is 11.3 Å². The maximum Gasteiger partial charge on any atom is 0.238 e. The normalized spacial score (nSPS) is 28.2. The van der Waals surface area contributed by atoms with Crippen LogP contribution in [0.1, 0.15) is 71.8 Å². The van der Waals surface area contributed by atoms with Crippen molar-refractivity contribution in [3.05, 3.63) is 29.8 Å². The van der Waals surface area contributed by atoms with E-state index in [-0.39, 0.29) is 10.8 Å². The smallest absolute Gasteiger partial charge is 0.238 e. The summed E-state index contributed by atoms with van der Waals surface area (Å²) in [6.07, 6.45) is 4.70. The third-order valence-corrected chi connectivity index (χ3v) is 7.45. The third kappa shape index (κ3) is 3.24. The molecule has 0 aromatic heterocycles. The van der Waals surface area contributed by atoms with E-state index in [2.05, 4.69) is 63.8 Å². The van der Waals surface area contributed by atoms with E-state index in [1.54, 1.807) is 0 Å². The van der Waals surface area contributed by atoms with Gasteiger partial charge in [-0.15, -0.1) is 11.8 Å². The molecule has 0 unspecified atom stereocenters. The van der Waals surface area contributed by atoms with Crippen LogP contribution in [-0.2, 0) is 4.79 Å². The van der Waals surface area contributed by atoms with E-state index in [0.29, 0.717) is 17.1 Å². The summed E-state index contributed by atoms with van der Waals surface area (Å²) in [7, 11) is 0. The Morgan fingerprint density at radius 2 is 1.71 bits per heavy atom. The molecule has 1 aromatic rings. The summed E-state index contributed by atoms with van der Waals surface area (Å²) in [6, 6.07) is 8.67. The average Bonchev–Trinajstić information content (AvgIpc) is 2.83. The summed E-state index contributed by atoms with van der Waals surface area (Å²) in [5, 5.41) is 0. The Morgan fingerprint density at radius 3 is 2.21 bits per heavy atom. The molecule has 24 heavy (non-hydrogen) atoms. The lowest BCUT2D eigenvalue weighted by atomic mass is 9.71. The van der Waals surface area contributed by atoms with E-state index >= 15 is 0 Å². The molecule has 1 aliphatic heterocycles. The van der Waals surface area contributed by atoms with Gasteiger partial charge in [0.2, 0.25) is 5.91 Å². The van der Waals surface area contributed by atoms with Gasteiger partial charge in [-0.05, 0) is 60.6 Å². The summed E-state index contributed by atoms with van der Waals surface area (Å²) in [5.41, 5.74) is 2.80. The summed E-state index contributed by atoms with van der Waals surface area (Å²) >= 11 is 1.88. The molecule has 1 amide bonds. The molecule has 1 aliphatic carbocycles. The minimum Gasteiger partial charge on any atom is -0.297 e. The van der Waals surface area contributed by atoms with Gasteiger partial charge in [0.25, 0.3) is 0 Å². The van der Waals surface area contributed by atoms with Crippen molar-refractivity contribution in [2.45, 2.75) is 71.1 Å². The Hall–Kier alpha value is -0.960. The zero-order chi connectivity index (χ0) is 17.5. The zero-order valence-corrected chi connectivity index (χ0v) is 16.6. The maximum absolute atomic E-state index is 12.7. The number of nitrogens with zero attached hydrogens (tertiary/aromatic N) is 1. The van der Waals surface area contributed by atoms with E-state index in [1.807, 2.05) is 11.8 Å². The first-order chi connectivity index (χ1) is 11.2. The Bertz CT molecular complexity index is 591. The van der Waals surface area contributed by atoms with Crippen molar-refractivity contribution in [1.29, 1.82) is 0 Å². The van der Waals surface area contributed by atoms with Crippen LogP contribution in [-0.4, -0.2) is 16.5 Å². The van der Waals surface area contributed by atoms with Crippen LogP contribution in [0.5, 0.6) is 0 Å². The number of carbonyl (C=O) groups is 1. The van der Waals surface area contributed by atoms with Crippen molar-refractivity contribution in [3.8, 4) is 0 Å². The fourth-order valence-corrected chi connectivity index (χ4v) is 5.62. The number of anilines is 1. The van der Waals surface area contributed by atoms with Crippen LogP contribution in [0.4, 0.5) is 5.69 Å². The van der Waals surface area contributed by atoms with Crippen LogP contribution in [0.25, 0.3) is 0 Å². The molecule has 3 rings (SSSR count). The minimum atomic E-state index is -0.00180. The highest BCUT2D eigenvalue weighted by molar-refractivity contribution is 8.02. The van der Waals surface area contributed by atoms with Crippen LogP contribution in [0.3, 0.4) is 0 Å². The molecule has 1 spiro atoms. The molecule has 0 bridgehead atoms. The summed E-state index contributed by atoms with van der Waals surface area (Å²) < 4.78 is 0. The Morgan fingerprint density at radius 1 is 1.12 bits per heavy atom.